The van der Waals surface area contributed by atoms with E-state index >= 15 is 0 Å². The number of carboxylic acids is 1. The van der Waals surface area contributed by atoms with Gasteiger partial charge in [-0.2, -0.15) is 0 Å². The van der Waals surface area contributed by atoms with Crippen molar-refractivity contribution in [2.75, 3.05) is 14.1 Å². The molecule has 4 heteroatoms. The average molecular weight is 298 g/mol. The third kappa shape index (κ3) is 2.24. The summed E-state index contributed by atoms with van der Waals surface area (Å²) in [6, 6.07) is 7.86. The van der Waals surface area contributed by atoms with E-state index in [0.717, 1.165) is 22.9 Å². The lowest BCUT2D eigenvalue weighted by Crippen LogP contribution is -2.33. The van der Waals surface area contributed by atoms with Crippen molar-refractivity contribution in [3.8, 4) is 0 Å². The third-order valence-corrected chi connectivity index (χ3v) is 3.91. The minimum absolute atomic E-state index is 0.0579. The fourth-order valence-corrected chi connectivity index (χ4v) is 2.94. The first-order valence-electron chi connectivity index (χ1n) is 5.63. The van der Waals surface area contributed by atoms with Gasteiger partial charge in [-0.15, -0.1) is 0 Å². The second-order valence-electron chi connectivity index (χ2n) is 4.88. The van der Waals surface area contributed by atoms with Crippen LogP contribution in [-0.4, -0.2) is 30.1 Å². The molecule has 0 aromatic heterocycles. The summed E-state index contributed by atoms with van der Waals surface area (Å²) in [7, 11) is 3.88. The minimum Gasteiger partial charge on any atom is -0.481 e. The van der Waals surface area contributed by atoms with Gasteiger partial charge in [0, 0.05) is 4.47 Å². The number of benzene rings is 1. The van der Waals surface area contributed by atoms with Crippen molar-refractivity contribution in [2.24, 2.45) is 5.41 Å². The fraction of sp³-hybridized carbons (Fsp3) is 0.462. The van der Waals surface area contributed by atoms with Crippen molar-refractivity contribution < 1.29 is 9.90 Å². The van der Waals surface area contributed by atoms with Crippen LogP contribution in [0, 0.1) is 5.41 Å². The van der Waals surface area contributed by atoms with Gasteiger partial charge in [0.05, 0.1) is 11.5 Å². The predicted octanol–water partition coefficient (Wildman–Crippen LogP) is 2.92. The monoisotopic (exact) mass is 297 g/mol. The molecular formula is C13H16BrNO2. The summed E-state index contributed by atoms with van der Waals surface area (Å²) >= 11 is 3.44. The fourth-order valence-electron chi connectivity index (χ4n) is 2.53. The van der Waals surface area contributed by atoms with E-state index < -0.39 is 11.4 Å². The van der Waals surface area contributed by atoms with Crippen molar-refractivity contribution in [3.05, 3.63) is 34.3 Å². The Labute approximate surface area is 110 Å². The molecule has 92 valence electrons. The van der Waals surface area contributed by atoms with E-state index in [1.165, 1.54) is 0 Å². The van der Waals surface area contributed by atoms with Crippen LogP contribution < -0.4 is 0 Å². The Balaban J connectivity index is 2.40. The number of nitrogens with zero attached hydrogens (tertiary/aromatic N) is 1. The molecule has 1 fully saturated rings. The van der Waals surface area contributed by atoms with Gasteiger partial charge in [-0.25, -0.2) is 0 Å². The summed E-state index contributed by atoms with van der Waals surface area (Å²) < 4.78 is 0.989. The SMILES string of the molecule is CN(C)C(c1cccc(Br)c1)C1(C(=O)O)CC1. The normalized spacial score (nSPS) is 19.1. The molecule has 0 bridgehead atoms. The van der Waals surface area contributed by atoms with E-state index in [1.54, 1.807) is 0 Å². The number of carboxylic acid groups (broad SMARTS) is 1. The molecule has 0 amide bonds. The standard InChI is InChI=1S/C13H16BrNO2/c1-15(2)11(13(6-7-13)12(16)17)9-4-3-5-10(14)8-9/h3-5,8,11H,6-7H2,1-2H3,(H,16,17). The van der Waals surface area contributed by atoms with Gasteiger partial charge in [0.2, 0.25) is 0 Å². The van der Waals surface area contributed by atoms with E-state index in [4.69, 9.17) is 0 Å². The van der Waals surface area contributed by atoms with Gasteiger partial charge in [0.15, 0.2) is 0 Å². The van der Waals surface area contributed by atoms with Crippen LogP contribution in [0.4, 0.5) is 0 Å². The summed E-state index contributed by atoms with van der Waals surface area (Å²) in [5.74, 6) is -0.684. The Bertz CT molecular complexity index is 441. The Morgan fingerprint density at radius 2 is 2.12 bits per heavy atom. The lowest BCUT2D eigenvalue weighted by Gasteiger charge is -2.30. The van der Waals surface area contributed by atoms with E-state index in [-0.39, 0.29) is 6.04 Å². The molecule has 1 aromatic rings. The minimum atomic E-state index is -0.684. The Kier molecular flexibility index (Phi) is 3.27. The summed E-state index contributed by atoms with van der Waals surface area (Å²) in [5, 5.41) is 9.42. The zero-order valence-corrected chi connectivity index (χ0v) is 11.6. The summed E-state index contributed by atoms with van der Waals surface area (Å²) in [5.41, 5.74) is 0.467. The quantitative estimate of drug-likeness (QED) is 0.929. The maximum Gasteiger partial charge on any atom is 0.311 e. The first-order valence-corrected chi connectivity index (χ1v) is 6.42. The van der Waals surface area contributed by atoms with Crippen molar-refractivity contribution >= 4 is 21.9 Å². The predicted molar refractivity (Wildman–Crippen MR) is 69.9 cm³/mol. The highest BCUT2D eigenvalue weighted by Gasteiger charge is 2.57. The number of hydrogen-bond donors (Lipinski definition) is 1. The van der Waals surface area contributed by atoms with Gasteiger partial charge in [-0.05, 0) is 44.6 Å². The molecule has 1 aliphatic carbocycles. The van der Waals surface area contributed by atoms with Crippen LogP contribution >= 0.6 is 15.9 Å². The topological polar surface area (TPSA) is 40.5 Å². The summed E-state index contributed by atoms with van der Waals surface area (Å²) in [4.78, 5) is 13.5. The summed E-state index contributed by atoms with van der Waals surface area (Å²) in [6.07, 6.45) is 1.52. The van der Waals surface area contributed by atoms with Gasteiger partial charge >= 0.3 is 5.97 Å². The van der Waals surface area contributed by atoms with E-state index in [0.29, 0.717) is 0 Å². The van der Waals surface area contributed by atoms with Crippen molar-refractivity contribution in [1.82, 2.24) is 4.90 Å². The highest BCUT2D eigenvalue weighted by atomic mass is 79.9. The Morgan fingerprint density at radius 3 is 2.53 bits per heavy atom. The molecular weight excluding hydrogens is 282 g/mol. The number of hydrogen-bond acceptors (Lipinski definition) is 2. The number of rotatable bonds is 4. The number of halogens is 1. The largest absolute Gasteiger partial charge is 0.481 e. The maximum absolute atomic E-state index is 11.4. The van der Waals surface area contributed by atoms with Crippen LogP contribution in [0.15, 0.2) is 28.7 Å². The van der Waals surface area contributed by atoms with Crippen LogP contribution in [0.3, 0.4) is 0 Å². The molecule has 1 saturated carbocycles. The Hall–Kier alpha value is -0.870. The molecule has 0 radical (unpaired) electrons. The van der Waals surface area contributed by atoms with Crippen molar-refractivity contribution in [1.29, 1.82) is 0 Å². The van der Waals surface area contributed by atoms with Crippen molar-refractivity contribution in [3.63, 3.8) is 0 Å². The smallest absolute Gasteiger partial charge is 0.311 e. The van der Waals surface area contributed by atoms with Crippen molar-refractivity contribution in [2.45, 2.75) is 18.9 Å². The van der Waals surface area contributed by atoms with Crippen LogP contribution in [0.1, 0.15) is 24.4 Å². The molecule has 2 rings (SSSR count). The van der Waals surface area contributed by atoms with Gasteiger partial charge < -0.3 is 10.0 Å². The number of carbonyl (C=O) groups is 1. The second kappa shape index (κ2) is 4.42. The molecule has 0 saturated heterocycles. The highest BCUT2D eigenvalue weighted by molar-refractivity contribution is 9.10. The zero-order chi connectivity index (χ0) is 12.6. The molecule has 0 heterocycles. The molecule has 1 atom stereocenters. The third-order valence-electron chi connectivity index (χ3n) is 3.42. The first kappa shape index (κ1) is 12.6. The van der Waals surface area contributed by atoms with E-state index in [2.05, 4.69) is 15.9 Å². The van der Waals surface area contributed by atoms with Gasteiger partial charge in [-0.1, -0.05) is 28.1 Å². The highest BCUT2D eigenvalue weighted by Crippen LogP contribution is 2.57. The lowest BCUT2D eigenvalue weighted by molar-refractivity contribution is -0.146. The lowest BCUT2D eigenvalue weighted by atomic mass is 9.89. The molecule has 1 aromatic carbocycles. The molecule has 1 aliphatic rings. The van der Waals surface area contributed by atoms with Crippen LogP contribution in [-0.2, 0) is 4.79 Å². The van der Waals surface area contributed by atoms with E-state index in [9.17, 15) is 9.90 Å². The molecule has 0 spiro atoms. The second-order valence-corrected chi connectivity index (χ2v) is 5.80. The first-order chi connectivity index (χ1) is 7.97. The molecule has 17 heavy (non-hydrogen) atoms. The van der Waals surface area contributed by atoms with Crippen LogP contribution in [0.2, 0.25) is 0 Å². The molecule has 1 unspecified atom stereocenters. The molecule has 1 N–H and O–H groups in total. The van der Waals surface area contributed by atoms with Gasteiger partial charge in [0.1, 0.15) is 0 Å². The molecule has 3 nitrogen and oxygen atoms in total. The van der Waals surface area contributed by atoms with E-state index in [1.807, 2.05) is 43.3 Å². The maximum atomic E-state index is 11.4. The van der Waals surface area contributed by atoms with Gasteiger partial charge in [-0.3, -0.25) is 4.79 Å². The van der Waals surface area contributed by atoms with Crippen LogP contribution in [0.5, 0.6) is 0 Å². The van der Waals surface area contributed by atoms with Crippen LogP contribution in [0.25, 0.3) is 0 Å². The number of aliphatic carboxylic acids is 1. The molecule has 0 aliphatic heterocycles. The average Bonchev–Trinajstić information content (AvgIpc) is 2.99. The summed E-state index contributed by atoms with van der Waals surface area (Å²) in [6.45, 7) is 0. The zero-order valence-electron chi connectivity index (χ0n) is 9.98. The Morgan fingerprint density at radius 1 is 1.47 bits per heavy atom. The van der Waals surface area contributed by atoms with Gasteiger partial charge in [0.25, 0.3) is 0 Å².